The highest BCUT2D eigenvalue weighted by Crippen LogP contribution is 2.25. The molecule has 0 atom stereocenters. The zero-order valence-corrected chi connectivity index (χ0v) is 10.8. The van der Waals surface area contributed by atoms with Crippen molar-refractivity contribution in [3.05, 3.63) is 30.1 Å². The molecule has 100 valence electrons. The quantitative estimate of drug-likeness (QED) is 0.849. The van der Waals surface area contributed by atoms with Gasteiger partial charge in [-0.15, -0.1) is 5.10 Å². The van der Waals surface area contributed by atoms with Gasteiger partial charge in [-0.05, 0) is 24.6 Å². The number of aromatic nitrogens is 3. The number of nitrogens with zero attached hydrogens (tertiary/aromatic N) is 3. The number of carbonyl (C=O) groups excluding carboxylic acids is 1. The summed E-state index contributed by atoms with van der Waals surface area (Å²) in [5.41, 5.74) is 7.03. The molecule has 0 radical (unpaired) electrons. The molecule has 2 rings (SSSR count). The lowest BCUT2D eigenvalue weighted by molar-refractivity contribution is -0.116. The van der Waals surface area contributed by atoms with Crippen LogP contribution in [0.4, 0.5) is 11.6 Å². The molecule has 0 spiro atoms. The number of nitrogens with one attached hydrogen (secondary N) is 1. The second kappa shape index (κ2) is 5.38. The summed E-state index contributed by atoms with van der Waals surface area (Å²) in [6.45, 7) is 1.98. The Hall–Kier alpha value is -2.57. The average molecular weight is 261 g/mol. The molecule has 0 fully saturated rings. The van der Waals surface area contributed by atoms with E-state index in [1.54, 1.807) is 13.2 Å². The summed E-state index contributed by atoms with van der Waals surface area (Å²) in [5.74, 6) is 0.520. The van der Waals surface area contributed by atoms with E-state index in [9.17, 15) is 4.79 Å². The van der Waals surface area contributed by atoms with E-state index in [2.05, 4.69) is 15.4 Å². The molecule has 0 aliphatic heterocycles. The van der Waals surface area contributed by atoms with E-state index >= 15 is 0 Å². The first-order valence-corrected chi connectivity index (χ1v) is 5.68. The highest BCUT2D eigenvalue weighted by molar-refractivity contribution is 5.92. The fourth-order valence-electron chi connectivity index (χ4n) is 1.64. The molecule has 19 heavy (non-hydrogen) atoms. The third-order valence-electron chi connectivity index (χ3n) is 2.49. The minimum absolute atomic E-state index is 0.0430. The molecule has 0 saturated carbocycles. The van der Waals surface area contributed by atoms with Crippen LogP contribution in [0.5, 0.6) is 5.75 Å². The van der Waals surface area contributed by atoms with Crippen LogP contribution >= 0.6 is 0 Å². The largest absolute Gasteiger partial charge is 0.495 e. The maximum Gasteiger partial charge on any atom is 0.246 e. The number of rotatable bonds is 4. The Kier molecular flexibility index (Phi) is 3.65. The maximum absolute atomic E-state index is 11.9. The first-order chi connectivity index (χ1) is 9.08. The Balaban J connectivity index is 2.08. The van der Waals surface area contributed by atoms with Gasteiger partial charge in [-0.2, -0.15) is 0 Å². The molecule has 1 aromatic carbocycles. The summed E-state index contributed by atoms with van der Waals surface area (Å²) < 4.78 is 6.55. The van der Waals surface area contributed by atoms with Gasteiger partial charge in [0.05, 0.1) is 12.8 Å². The van der Waals surface area contributed by atoms with Crippen LogP contribution in [0.3, 0.4) is 0 Å². The van der Waals surface area contributed by atoms with Gasteiger partial charge in [-0.3, -0.25) is 4.79 Å². The van der Waals surface area contributed by atoms with Crippen LogP contribution in [0.1, 0.15) is 5.56 Å². The van der Waals surface area contributed by atoms with Crippen LogP contribution in [0.2, 0.25) is 0 Å². The van der Waals surface area contributed by atoms with Crippen LogP contribution < -0.4 is 15.8 Å². The Morgan fingerprint density at radius 1 is 1.53 bits per heavy atom. The molecule has 1 heterocycles. The normalized spacial score (nSPS) is 10.2. The molecule has 0 unspecified atom stereocenters. The van der Waals surface area contributed by atoms with Crippen molar-refractivity contribution in [2.24, 2.45) is 0 Å². The minimum atomic E-state index is -0.228. The van der Waals surface area contributed by atoms with Crippen molar-refractivity contribution in [3.63, 3.8) is 0 Å². The molecule has 0 saturated heterocycles. The van der Waals surface area contributed by atoms with Crippen molar-refractivity contribution < 1.29 is 9.53 Å². The third kappa shape index (κ3) is 3.21. The van der Waals surface area contributed by atoms with E-state index in [1.807, 2.05) is 19.1 Å². The molecular formula is C12H15N5O2. The number of carbonyl (C=O) groups is 1. The zero-order chi connectivity index (χ0) is 13.8. The number of benzene rings is 1. The fourth-order valence-corrected chi connectivity index (χ4v) is 1.64. The van der Waals surface area contributed by atoms with Crippen molar-refractivity contribution in [2.45, 2.75) is 13.5 Å². The zero-order valence-electron chi connectivity index (χ0n) is 10.8. The number of nitrogen functional groups attached to an aromatic ring is 1. The third-order valence-corrected chi connectivity index (χ3v) is 2.49. The van der Waals surface area contributed by atoms with Gasteiger partial charge in [0.2, 0.25) is 11.9 Å². The molecule has 1 amide bonds. The summed E-state index contributed by atoms with van der Waals surface area (Å²) in [6.07, 6.45) is 1.41. The van der Waals surface area contributed by atoms with Crippen LogP contribution in [-0.2, 0) is 11.3 Å². The first-order valence-electron chi connectivity index (χ1n) is 5.68. The monoisotopic (exact) mass is 261 g/mol. The van der Waals surface area contributed by atoms with E-state index in [0.29, 0.717) is 11.4 Å². The van der Waals surface area contributed by atoms with Crippen LogP contribution in [-0.4, -0.2) is 27.8 Å². The van der Waals surface area contributed by atoms with Crippen molar-refractivity contribution in [3.8, 4) is 5.75 Å². The van der Waals surface area contributed by atoms with E-state index in [4.69, 9.17) is 10.5 Å². The van der Waals surface area contributed by atoms with E-state index in [1.165, 1.54) is 11.0 Å². The first kappa shape index (κ1) is 12.9. The molecule has 1 aromatic heterocycles. The van der Waals surface area contributed by atoms with Crippen molar-refractivity contribution in [2.75, 3.05) is 18.2 Å². The summed E-state index contributed by atoms with van der Waals surface area (Å²) in [5, 5.41) is 6.61. The Morgan fingerprint density at radius 3 is 2.95 bits per heavy atom. The van der Waals surface area contributed by atoms with Gasteiger partial charge in [0.1, 0.15) is 18.6 Å². The number of hydrogen-bond acceptors (Lipinski definition) is 5. The molecule has 0 bridgehead atoms. The number of amides is 1. The standard InChI is InChI=1S/C12H15N5O2/c1-8-3-4-10(19-2)9(5-8)15-11(18)6-17-7-14-12(13)16-17/h3-5,7H,6H2,1-2H3,(H2,13,16)(H,15,18). The number of ether oxygens (including phenoxy) is 1. The predicted molar refractivity (Wildman–Crippen MR) is 70.8 cm³/mol. The Morgan fingerprint density at radius 2 is 2.32 bits per heavy atom. The van der Waals surface area contributed by atoms with Gasteiger partial charge < -0.3 is 15.8 Å². The molecule has 7 nitrogen and oxygen atoms in total. The Bertz CT molecular complexity index is 594. The van der Waals surface area contributed by atoms with Crippen molar-refractivity contribution in [1.29, 1.82) is 0 Å². The van der Waals surface area contributed by atoms with Crippen molar-refractivity contribution in [1.82, 2.24) is 14.8 Å². The molecule has 7 heteroatoms. The lowest BCUT2D eigenvalue weighted by Gasteiger charge is -2.10. The number of nitrogens with two attached hydrogens (primary N) is 1. The summed E-state index contributed by atoms with van der Waals surface area (Å²) in [7, 11) is 1.55. The molecule has 2 aromatic rings. The smallest absolute Gasteiger partial charge is 0.246 e. The van der Waals surface area contributed by atoms with Gasteiger partial charge in [0, 0.05) is 0 Å². The van der Waals surface area contributed by atoms with Gasteiger partial charge in [0.15, 0.2) is 0 Å². The topological polar surface area (TPSA) is 95.1 Å². The number of methoxy groups -OCH3 is 1. The highest BCUT2D eigenvalue weighted by Gasteiger charge is 2.09. The van der Waals surface area contributed by atoms with Gasteiger partial charge in [-0.1, -0.05) is 6.07 Å². The molecule has 0 aliphatic carbocycles. The second-order valence-electron chi connectivity index (χ2n) is 4.05. The molecule has 3 N–H and O–H groups in total. The summed E-state index contributed by atoms with van der Waals surface area (Å²) >= 11 is 0. The maximum atomic E-state index is 11.9. The summed E-state index contributed by atoms with van der Waals surface area (Å²) in [6, 6.07) is 5.55. The number of hydrogen-bond donors (Lipinski definition) is 2. The van der Waals surface area contributed by atoms with Crippen LogP contribution in [0.15, 0.2) is 24.5 Å². The highest BCUT2D eigenvalue weighted by atomic mass is 16.5. The number of anilines is 2. The average Bonchev–Trinajstić information content (AvgIpc) is 2.75. The van der Waals surface area contributed by atoms with Crippen molar-refractivity contribution >= 4 is 17.5 Å². The lowest BCUT2D eigenvalue weighted by Crippen LogP contribution is -2.19. The lowest BCUT2D eigenvalue weighted by atomic mass is 10.2. The van der Waals surface area contributed by atoms with Crippen LogP contribution in [0, 0.1) is 6.92 Å². The summed E-state index contributed by atoms with van der Waals surface area (Å²) in [4.78, 5) is 15.6. The SMILES string of the molecule is COc1ccc(C)cc1NC(=O)Cn1cnc(N)n1. The van der Waals surface area contributed by atoms with Gasteiger partial charge in [-0.25, -0.2) is 9.67 Å². The minimum Gasteiger partial charge on any atom is -0.495 e. The molecule has 0 aliphatic rings. The fraction of sp³-hybridized carbons (Fsp3) is 0.250. The van der Waals surface area contributed by atoms with E-state index < -0.39 is 0 Å². The number of aryl methyl sites for hydroxylation is 1. The van der Waals surface area contributed by atoms with Gasteiger partial charge in [0.25, 0.3) is 0 Å². The van der Waals surface area contributed by atoms with Crippen LogP contribution in [0.25, 0.3) is 0 Å². The van der Waals surface area contributed by atoms with Gasteiger partial charge >= 0.3 is 0 Å². The predicted octanol–water partition coefficient (Wildman–Crippen LogP) is 0.816. The second-order valence-corrected chi connectivity index (χ2v) is 4.05. The van der Waals surface area contributed by atoms with E-state index in [0.717, 1.165) is 5.56 Å². The Labute approximate surface area is 110 Å². The van der Waals surface area contributed by atoms with E-state index in [-0.39, 0.29) is 18.4 Å². The molecular weight excluding hydrogens is 246 g/mol.